The van der Waals surface area contributed by atoms with Gasteiger partial charge in [0.25, 0.3) is 0 Å². The second-order valence-corrected chi connectivity index (χ2v) is 5.84. The molecule has 0 aliphatic heterocycles. The van der Waals surface area contributed by atoms with Crippen LogP contribution in [0.5, 0.6) is 0 Å². The smallest absolute Gasteiger partial charge is 0.187 e. The number of hydrogen-bond donors (Lipinski definition) is 1. The molecular formula is C23H21NO. The zero-order chi connectivity index (χ0) is 17.5. The lowest BCUT2D eigenvalue weighted by atomic mass is 10.0. The standard InChI is InChI=1S/C23H21NO/c1-2-18-8-14-22(15-9-18)24-17-16-23(25)21-12-10-20(11-13-21)19-6-4-3-5-7-19/h3-17,24H,2H2,1H3/b17-16+. The van der Waals surface area contributed by atoms with Crippen molar-refractivity contribution < 1.29 is 4.79 Å². The summed E-state index contributed by atoms with van der Waals surface area (Å²) in [5.74, 6) is -0.0164. The van der Waals surface area contributed by atoms with E-state index in [2.05, 4.69) is 36.5 Å². The van der Waals surface area contributed by atoms with E-state index in [9.17, 15) is 4.79 Å². The number of hydrogen-bond acceptors (Lipinski definition) is 2. The molecule has 0 bridgehead atoms. The molecule has 0 atom stereocenters. The van der Waals surface area contributed by atoms with E-state index >= 15 is 0 Å². The summed E-state index contributed by atoms with van der Waals surface area (Å²) in [6, 6.07) is 26.0. The molecule has 124 valence electrons. The van der Waals surface area contributed by atoms with Gasteiger partial charge in [-0.1, -0.05) is 73.7 Å². The molecular weight excluding hydrogens is 306 g/mol. The molecule has 0 saturated heterocycles. The van der Waals surface area contributed by atoms with Gasteiger partial charge < -0.3 is 5.32 Å². The van der Waals surface area contributed by atoms with Gasteiger partial charge in [-0.25, -0.2) is 0 Å². The van der Waals surface area contributed by atoms with Crippen molar-refractivity contribution in [2.24, 2.45) is 0 Å². The highest BCUT2D eigenvalue weighted by Crippen LogP contribution is 2.19. The van der Waals surface area contributed by atoms with Gasteiger partial charge in [0.2, 0.25) is 0 Å². The monoisotopic (exact) mass is 327 g/mol. The Morgan fingerprint density at radius 3 is 2.12 bits per heavy atom. The summed E-state index contributed by atoms with van der Waals surface area (Å²) in [6.07, 6.45) is 4.27. The van der Waals surface area contributed by atoms with Crippen molar-refractivity contribution in [1.29, 1.82) is 0 Å². The van der Waals surface area contributed by atoms with Crippen LogP contribution in [0.25, 0.3) is 11.1 Å². The molecule has 0 radical (unpaired) electrons. The molecule has 0 aliphatic rings. The number of carbonyl (C=O) groups is 1. The molecule has 3 rings (SSSR count). The zero-order valence-corrected chi connectivity index (χ0v) is 14.3. The molecule has 0 unspecified atom stereocenters. The lowest BCUT2D eigenvalue weighted by Crippen LogP contribution is -1.96. The maximum absolute atomic E-state index is 12.3. The molecule has 0 heterocycles. The molecule has 3 aromatic rings. The van der Waals surface area contributed by atoms with Gasteiger partial charge in [-0.3, -0.25) is 4.79 Å². The third-order valence-electron chi connectivity index (χ3n) is 4.12. The fourth-order valence-electron chi connectivity index (χ4n) is 2.60. The largest absolute Gasteiger partial charge is 0.362 e. The van der Waals surface area contributed by atoms with Crippen LogP contribution in [0.2, 0.25) is 0 Å². The average molecular weight is 327 g/mol. The Balaban J connectivity index is 1.62. The molecule has 0 fully saturated rings. The van der Waals surface area contributed by atoms with Gasteiger partial charge in [-0.15, -0.1) is 0 Å². The summed E-state index contributed by atoms with van der Waals surface area (Å²) in [6.45, 7) is 2.13. The van der Waals surface area contributed by atoms with Crippen molar-refractivity contribution in [3.8, 4) is 11.1 Å². The number of nitrogens with one attached hydrogen (secondary N) is 1. The molecule has 2 nitrogen and oxygen atoms in total. The quantitative estimate of drug-likeness (QED) is 0.463. The van der Waals surface area contributed by atoms with Crippen LogP contribution in [0.15, 0.2) is 91.1 Å². The van der Waals surface area contributed by atoms with Crippen LogP contribution in [0.4, 0.5) is 5.69 Å². The number of benzene rings is 3. The summed E-state index contributed by atoms with van der Waals surface area (Å²) in [4.78, 5) is 12.3. The molecule has 0 aliphatic carbocycles. The first kappa shape index (κ1) is 16.7. The molecule has 0 amide bonds. The van der Waals surface area contributed by atoms with Crippen LogP contribution < -0.4 is 5.32 Å². The minimum atomic E-state index is -0.0164. The van der Waals surface area contributed by atoms with Crippen molar-refractivity contribution in [2.75, 3.05) is 5.32 Å². The highest BCUT2D eigenvalue weighted by molar-refractivity contribution is 6.04. The molecule has 25 heavy (non-hydrogen) atoms. The number of allylic oxidation sites excluding steroid dienone is 1. The average Bonchev–Trinajstić information content (AvgIpc) is 2.69. The van der Waals surface area contributed by atoms with Gasteiger partial charge in [-0.2, -0.15) is 0 Å². The molecule has 0 aromatic heterocycles. The van der Waals surface area contributed by atoms with Crippen molar-refractivity contribution in [2.45, 2.75) is 13.3 Å². The Morgan fingerprint density at radius 2 is 1.48 bits per heavy atom. The van der Waals surface area contributed by atoms with Gasteiger partial charge >= 0.3 is 0 Å². The third-order valence-corrected chi connectivity index (χ3v) is 4.12. The number of rotatable bonds is 6. The Morgan fingerprint density at radius 1 is 0.840 bits per heavy atom. The summed E-state index contributed by atoms with van der Waals surface area (Å²) in [5.41, 5.74) is 5.20. The van der Waals surface area contributed by atoms with Crippen molar-refractivity contribution in [3.05, 3.63) is 102 Å². The third kappa shape index (κ3) is 4.45. The topological polar surface area (TPSA) is 29.1 Å². The van der Waals surface area contributed by atoms with Gasteiger partial charge in [0.15, 0.2) is 5.78 Å². The maximum atomic E-state index is 12.3. The van der Waals surface area contributed by atoms with Crippen LogP contribution in [0, 0.1) is 0 Å². The van der Waals surface area contributed by atoms with Crippen LogP contribution in [0.3, 0.4) is 0 Å². The normalized spacial score (nSPS) is 10.8. The van der Waals surface area contributed by atoms with Gasteiger partial charge in [0.05, 0.1) is 0 Å². The van der Waals surface area contributed by atoms with E-state index in [4.69, 9.17) is 0 Å². The zero-order valence-electron chi connectivity index (χ0n) is 14.3. The van der Waals surface area contributed by atoms with E-state index in [0.717, 1.165) is 23.2 Å². The van der Waals surface area contributed by atoms with E-state index in [1.54, 1.807) is 12.3 Å². The second-order valence-electron chi connectivity index (χ2n) is 5.84. The van der Waals surface area contributed by atoms with Crippen molar-refractivity contribution in [3.63, 3.8) is 0 Å². The van der Waals surface area contributed by atoms with Gasteiger partial charge in [0, 0.05) is 23.5 Å². The molecule has 3 aromatic carbocycles. The van der Waals surface area contributed by atoms with Gasteiger partial charge in [-0.05, 0) is 35.2 Å². The fourth-order valence-corrected chi connectivity index (χ4v) is 2.60. The van der Waals surface area contributed by atoms with E-state index in [1.807, 2.05) is 54.6 Å². The number of ketones is 1. The molecule has 0 spiro atoms. The van der Waals surface area contributed by atoms with Crippen molar-refractivity contribution >= 4 is 11.5 Å². The summed E-state index contributed by atoms with van der Waals surface area (Å²) in [7, 11) is 0. The predicted octanol–water partition coefficient (Wildman–Crippen LogP) is 5.72. The minimum Gasteiger partial charge on any atom is -0.362 e. The van der Waals surface area contributed by atoms with Crippen LogP contribution in [-0.2, 0) is 6.42 Å². The van der Waals surface area contributed by atoms with Crippen LogP contribution >= 0.6 is 0 Å². The number of carbonyl (C=O) groups excluding carboxylic acids is 1. The summed E-state index contributed by atoms with van der Waals surface area (Å²) < 4.78 is 0. The Bertz CT molecular complexity index is 847. The minimum absolute atomic E-state index is 0.0164. The summed E-state index contributed by atoms with van der Waals surface area (Å²) in [5, 5.41) is 3.13. The second kappa shape index (κ2) is 8.11. The van der Waals surface area contributed by atoms with E-state index in [-0.39, 0.29) is 5.78 Å². The number of aryl methyl sites for hydroxylation is 1. The van der Waals surface area contributed by atoms with E-state index in [1.165, 1.54) is 5.56 Å². The Labute approximate surface area is 148 Å². The van der Waals surface area contributed by atoms with Crippen LogP contribution in [-0.4, -0.2) is 5.78 Å². The van der Waals surface area contributed by atoms with E-state index < -0.39 is 0 Å². The lowest BCUT2D eigenvalue weighted by molar-refractivity contribution is 0.104. The SMILES string of the molecule is CCc1ccc(N/C=C/C(=O)c2ccc(-c3ccccc3)cc2)cc1. The van der Waals surface area contributed by atoms with Crippen LogP contribution in [0.1, 0.15) is 22.8 Å². The number of anilines is 1. The first-order valence-electron chi connectivity index (χ1n) is 8.48. The maximum Gasteiger partial charge on any atom is 0.187 e. The molecule has 0 saturated carbocycles. The van der Waals surface area contributed by atoms with Crippen molar-refractivity contribution in [1.82, 2.24) is 0 Å². The first-order chi connectivity index (χ1) is 12.3. The molecule has 1 N–H and O–H groups in total. The summed E-state index contributed by atoms with van der Waals surface area (Å²) >= 11 is 0. The van der Waals surface area contributed by atoms with E-state index in [0.29, 0.717) is 5.56 Å². The first-order valence-corrected chi connectivity index (χ1v) is 8.48. The highest BCUT2D eigenvalue weighted by atomic mass is 16.1. The Kier molecular flexibility index (Phi) is 5.43. The lowest BCUT2D eigenvalue weighted by Gasteiger charge is -2.03. The fraction of sp³-hybridized carbons (Fsp3) is 0.0870. The van der Waals surface area contributed by atoms with Gasteiger partial charge in [0.1, 0.15) is 0 Å². The molecule has 2 heteroatoms. The predicted molar refractivity (Wildman–Crippen MR) is 105 cm³/mol. The Hall–Kier alpha value is -3.13. The highest BCUT2D eigenvalue weighted by Gasteiger charge is 2.02.